The summed E-state index contributed by atoms with van der Waals surface area (Å²) in [5.41, 5.74) is 8.01. The predicted molar refractivity (Wildman–Crippen MR) is 121 cm³/mol. The van der Waals surface area contributed by atoms with E-state index in [2.05, 4.69) is 10.3 Å². The lowest BCUT2D eigenvalue weighted by atomic mass is 9.97. The molecule has 1 atom stereocenters. The molecule has 34 heavy (non-hydrogen) atoms. The number of anilines is 2. The minimum absolute atomic E-state index is 0.0515. The van der Waals surface area contributed by atoms with Gasteiger partial charge in [-0.1, -0.05) is 12.1 Å². The zero-order chi connectivity index (χ0) is 24.8. The first-order valence-electron chi connectivity index (χ1n) is 10.1. The fourth-order valence-corrected chi connectivity index (χ4v) is 3.27. The first kappa shape index (κ1) is 24.0. The third-order valence-electron chi connectivity index (χ3n) is 5.00. The van der Waals surface area contributed by atoms with Crippen LogP contribution in [0.2, 0.25) is 0 Å². The third kappa shape index (κ3) is 5.40. The molecule has 0 spiro atoms. The van der Waals surface area contributed by atoms with Crippen LogP contribution in [-0.4, -0.2) is 40.3 Å². The number of aliphatic hydroxyl groups excluding tert-OH is 1. The number of benzene rings is 2. The topological polar surface area (TPSA) is 182 Å². The van der Waals surface area contributed by atoms with Crippen molar-refractivity contribution in [2.45, 2.75) is 18.9 Å². The summed E-state index contributed by atoms with van der Waals surface area (Å²) in [6.45, 7) is 0. The number of rotatable bonds is 8. The van der Waals surface area contributed by atoms with Gasteiger partial charge in [-0.3, -0.25) is 4.79 Å². The van der Waals surface area contributed by atoms with Gasteiger partial charge in [0.25, 0.3) is 5.91 Å². The first-order valence-corrected chi connectivity index (χ1v) is 10.1. The monoisotopic (exact) mass is 461 g/mol. The molecule has 1 heterocycles. The summed E-state index contributed by atoms with van der Waals surface area (Å²) in [6.07, 6.45) is -2.28. The summed E-state index contributed by atoms with van der Waals surface area (Å²) in [6, 6.07) is 14.7. The van der Waals surface area contributed by atoms with Gasteiger partial charge in [-0.05, 0) is 54.8 Å². The molecule has 0 aliphatic carbocycles. The number of carboxylic acids is 1. The van der Waals surface area contributed by atoms with E-state index >= 15 is 0 Å². The van der Waals surface area contributed by atoms with E-state index in [-0.39, 0.29) is 23.6 Å². The number of carbonyl (C=O) groups excluding carboxylic acids is 2. The molecule has 0 fully saturated rings. The van der Waals surface area contributed by atoms with Gasteiger partial charge in [0.1, 0.15) is 35.1 Å². The standard InChI is InChI=1S/C24H22N4O6/c1-34-15-5-6-20(29)17(10-15)19-11-16(18(12-25)23(26)28-19)13-3-2-4-14(9-13)27-24(33)21(30)7-8-22(31)32/h2-6,9-11,21,29-30H,7-8H2,1H3,(H2,26,28)(H,27,33)(H,31,32)/p-1. The Morgan fingerprint density at radius 1 is 1.24 bits per heavy atom. The van der Waals surface area contributed by atoms with Crippen LogP contribution in [0.25, 0.3) is 22.4 Å². The van der Waals surface area contributed by atoms with Crippen molar-refractivity contribution in [1.29, 1.82) is 5.26 Å². The van der Waals surface area contributed by atoms with E-state index < -0.39 is 24.4 Å². The van der Waals surface area contributed by atoms with Crippen molar-refractivity contribution >= 4 is 23.4 Å². The van der Waals surface area contributed by atoms with Crippen LogP contribution in [-0.2, 0) is 9.59 Å². The van der Waals surface area contributed by atoms with E-state index in [4.69, 9.17) is 10.5 Å². The molecule has 3 rings (SSSR count). The summed E-state index contributed by atoms with van der Waals surface area (Å²) in [4.78, 5) is 27.0. The van der Waals surface area contributed by atoms with Gasteiger partial charge in [0, 0.05) is 22.8 Å². The summed E-state index contributed by atoms with van der Waals surface area (Å²) in [5.74, 6) is -1.78. The molecular weight excluding hydrogens is 440 g/mol. The summed E-state index contributed by atoms with van der Waals surface area (Å²) >= 11 is 0. The maximum Gasteiger partial charge on any atom is 0.253 e. The minimum Gasteiger partial charge on any atom is -0.550 e. The summed E-state index contributed by atoms with van der Waals surface area (Å²) in [5, 5.41) is 42.9. The quantitative estimate of drug-likeness (QED) is 0.385. The van der Waals surface area contributed by atoms with Crippen molar-refractivity contribution in [3.63, 3.8) is 0 Å². The number of aliphatic hydroxyl groups is 1. The number of aromatic hydroxyl groups is 1. The Morgan fingerprint density at radius 2 is 2.00 bits per heavy atom. The number of nitrogen functional groups attached to an aromatic ring is 1. The molecule has 0 aliphatic rings. The number of carboxylic acid groups (broad SMARTS) is 1. The number of nitrogens with one attached hydrogen (secondary N) is 1. The number of hydrogen-bond donors (Lipinski definition) is 4. The Bertz CT molecular complexity index is 1280. The van der Waals surface area contributed by atoms with Crippen LogP contribution >= 0.6 is 0 Å². The first-order chi connectivity index (χ1) is 16.2. The fourth-order valence-electron chi connectivity index (χ4n) is 3.27. The van der Waals surface area contributed by atoms with E-state index in [1.807, 2.05) is 6.07 Å². The highest BCUT2D eigenvalue weighted by molar-refractivity contribution is 5.95. The lowest BCUT2D eigenvalue weighted by Crippen LogP contribution is -2.30. The van der Waals surface area contributed by atoms with Gasteiger partial charge in [-0.15, -0.1) is 0 Å². The fraction of sp³-hybridized carbons (Fsp3) is 0.167. The Balaban J connectivity index is 1.99. The van der Waals surface area contributed by atoms with Gasteiger partial charge in [-0.25, -0.2) is 4.98 Å². The lowest BCUT2D eigenvalue weighted by molar-refractivity contribution is -0.306. The van der Waals surface area contributed by atoms with Gasteiger partial charge in [0.15, 0.2) is 0 Å². The predicted octanol–water partition coefficient (Wildman–Crippen LogP) is 1.41. The Kier molecular flexibility index (Phi) is 7.30. The van der Waals surface area contributed by atoms with Gasteiger partial charge < -0.3 is 35.9 Å². The van der Waals surface area contributed by atoms with Crippen LogP contribution in [0.1, 0.15) is 18.4 Å². The smallest absolute Gasteiger partial charge is 0.253 e. The summed E-state index contributed by atoms with van der Waals surface area (Å²) < 4.78 is 5.20. The SMILES string of the molecule is COc1ccc(O)c(-c2cc(-c3cccc(NC(=O)C(O)CCC(=O)[O-])c3)c(C#N)c(N)n2)c1. The van der Waals surface area contributed by atoms with Crippen molar-refractivity contribution in [2.75, 3.05) is 18.2 Å². The lowest BCUT2D eigenvalue weighted by Gasteiger charge is -2.14. The third-order valence-corrected chi connectivity index (χ3v) is 5.00. The molecule has 10 heteroatoms. The molecule has 0 saturated heterocycles. The molecule has 1 unspecified atom stereocenters. The Labute approximate surface area is 194 Å². The van der Waals surface area contributed by atoms with Crippen molar-refractivity contribution in [3.05, 3.63) is 54.1 Å². The molecule has 174 valence electrons. The maximum atomic E-state index is 12.2. The Hall–Kier alpha value is -4.62. The van der Waals surface area contributed by atoms with Crippen LogP contribution in [0, 0.1) is 11.3 Å². The second-order valence-electron chi connectivity index (χ2n) is 7.31. The van der Waals surface area contributed by atoms with E-state index in [0.717, 1.165) is 0 Å². The molecular formula is C24H21N4O6-. The van der Waals surface area contributed by atoms with Crippen molar-refractivity contribution in [3.8, 4) is 40.0 Å². The molecule has 0 aliphatic heterocycles. The molecule has 5 N–H and O–H groups in total. The molecule has 2 aromatic carbocycles. The number of nitrogens with two attached hydrogens (primary N) is 1. The molecule has 0 saturated carbocycles. The van der Waals surface area contributed by atoms with E-state index in [1.54, 1.807) is 42.5 Å². The normalized spacial score (nSPS) is 11.3. The molecule has 3 aromatic rings. The largest absolute Gasteiger partial charge is 0.550 e. The molecule has 10 nitrogen and oxygen atoms in total. The highest BCUT2D eigenvalue weighted by Gasteiger charge is 2.18. The van der Waals surface area contributed by atoms with Crippen LogP contribution in [0.15, 0.2) is 48.5 Å². The molecule has 0 bridgehead atoms. The highest BCUT2D eigenvalue weighted by Crippen LogP contribution is 2.36. The summed E-state index contributed by atoms with van der Waals surface area (Å²) in [7, 11) is 1.48. The van der Waals surface area contributed by atoms with Crippen molar-refractivity contribution < 1.29 is 29.6 Å². The van der Waals surface area contributed by atoms with Crippen molar-refractivity contribution in [1.82, 2.24) is 4.98 Å². The number of aromatic nitrogens is 1. The average molecular weight is 461 g/mol. The number of pyridine rings is 1. The number of hydrogen-bond acceptors (Lipinski definition) is 9. The number of phenols is 1. The van der Waals surface area contributed by atoms with E-state index in [9.17, 15) is 30.2 Å². The Morgan fingerprint density at radius 3 is 2.68 bits per heavy atom. The van der Waals surface area contributed by atoms with E-state index in [1.165, 1.54) is 13.2 Å². The molecule has 1 aromatic heterocycles. The van der Waals surface area contributed by atoms with Crippen LogP contribution < -0.4 is 20.9 Å². The van der Waals surface area contributed by atoms with Crippen LogP contribution in [0.5, 0.6) is 11.5 Å². The van der Waals surface area contributed by atoms with E-state index in [0.29, 0.717) is 33.8 Å². The number of ether oxygens (including phenoxy) is 1. The minimum atomic E-state index is -1.53. The van der Waals surface area contributed by atoms with Crippen molar-refractivity contribution in [2.24, 2.45) is 0 Å². The number of phenolic OH excluding ortho intramolecular Hbond substituents is 1. The molecule has 1 amide bonds. The zero-order valence-electron chi connectivity index (χ0n) is 18.1. The second-order valence-corrected chi connectivity index (χ2v) is 7.31. The molecule has 0 radical (unpaired) electrons. The van der Waals surface area contributed by atoms with Gasteiger partial charge in [0.2, 0.25) is 0 Å². The van der Waals surface area contributed by atoms with Crippen LogP contribution in [0.4, 0.5) is 11.5 Å². The van der Waals surface area contributed by atoms with Crippen LogP contribution in [0.3, 0.4) is 0 Å². The number of carbonyl (C=O) groups is 2. The van der Waals surface area contributed by atoms with Gasteiger partial charge in [-0.2, -0.15) is 5.26 Å². The number of methoxy groups -OCH3 is 1. The van der Waals surface area contributed by atoms with Gasteiger partial charge >= 0.3 is 0 Å². The second kappa shape index (κ2) is 10.3. The number of nitrogens with zero attached hydrogens (tertiary/aromatic N) is 2. The number of amides is 1. The highest BCUT2D eigenvalue weighted by atomic mass is 16.5. The number of nitriles is 1. The van der Waals surface area contributed by atoms with Gasteiger partial charge in [0.05, 0.1) is 12.8 Å². The zero-order valence-corrected chi connectivity index (χ0v) is 18.1. The number of aliphatic carboxylic acids is 1. The average Bonchev–Trinajstić information content (AvgIpc) is 2.82. The maximum absolute atomic E-state index is 12.2.